The number of morpholine rings is 1. The minimum Gasteiger partial charge on any atom is -0.465 e. The fourth-order valence-electron chi connectivity index (χ4n) is 2.58. The number of carbonyl (C=O) groups is 2. The number of hydrogen-bond acceptors (Lipinski definition) is 6. The second-order valence-electron chi connectivity index (χ2n) is 5.65. The van der Waals surface area contributed by atoms with E-state index >= 15 is 0 Å². The number of halogens is 1. The molecule has 26 heavy (non-hydrogen) atoms. The van der Waals surface area contributed by atoms with Gasteiger partial charge in [0.1, 0.15) is 5.69 Å². The molecule has 0 aliphatic carbocycles. The number of esters is 1. The van der Waals surface area contributed by atoms with Crippen molar-refractivity contribution in [1.82, 2.24) is 9.88 Å². The number of hydrogen-bond donors (Lipinski definition) is 1. The number of aromatic nitrogens is 1. The van der Waals surface area contributed by atoms with E-state index in [9.17, 15) is 9.59 Å². The van der Waals surface area contributed by atoms with Crippen molar-refractivity contribution in [3.63, 3.8) is 0 Å². The zero-order chi connectivity index (χ0) is 18.5. The number of carbonyl (C=O) groups excluding carboxylic acids is 2. The number of nitrogens with one attached hydrogen (secondary N) is 1. The summed E-state index contributed by atoms with van der Waals surface area (Å²) in [5.74, 6) is -0.603. The second kappa shape index (κ2) is 8.16. The van der Waals surface area contributed by atoms with Crippen molar-refractivity contribution in [2.45, 2.75) is 0 Å². The summed E-state index contributed by atoms with van der Waals surface area (Å²) in [6.07, 6.45) is 1.55. The first-order valence-corrected chi connectivity index (χ1v) is 8.44. The fourth-order valence-corrected chi connectivity index (χ4v) is 2.74. The van der Waals surface area contributed by atoms with Gasteiger partial charge in [-0.2, -0.15) is 0 Å². The van der Waals surface area contributed by atoms with E-state index < -0.39 is 5.97 Å². The number of benzene rings is 1. The van der Waals surface area contributed by atoms with Crippen LogP contribution in [0.25, 0.3) is 0 Å². The van der Waals surface area contributed by atoms with Crippen LogP contribution in [0.5, 0.6) is 0 Å². The van der Waals surface area contributed by atoms with Gasteiger partial charge in [-0.05, 0) is 30.3 Å². The maximum Gasteiger partial charge on any atom is 0.337 e. The van der Waals surface area contributed by atoms with Gasteiger partial charge in [-0.3, -0.25) is 9.78 Å². The van der Waals surface area contributed by atoms with Gasteiger partial charge in [0.15, 0.2) is 0 Å². The number of methoxy groups -OCH3 is 1. The van der Waals surface area contributed by atoms with Crippen LogP contribution >= 0.6 is 11.6 Å². The molecule has 8 heteroatoms. The number of anilines is 2. The van der Waals surface area contributed by atoms with Gasteiger partial charge in [0.2, 0.25) is 0 Å². The van der Waals surface area contributed by atoms with Crippen LogP contribution in [-0.2, 0) is 9.47 Å². The van der Waals surface area contributed by atoms with E-state index in [-0.39, 0.29) is 5.91 Å². The molecule has 136 valence electrons. The van der Waals surface area contributed by atoms with Crippen molar-refractivity contribution in [1.29, 1.82) is 0 Å². The Hall–Kier alpha value is -2.64. The van der Waals surface area contributed by atoms with Gasteiger partial charge < -0.3 is 19.7 Å². The predicted octanol–water partition coefficient (Wildman–Crippen LogP) is 2.74. The Kier molecular flexibility index (Phi) is 5.70. The molecule has 1 fully saturated rings. The Morgan fingerprint density at radius 3 is 2.73 bits per heavy atom. The van der Waals surface area contributed by atoms with Gasteiger partial charge in [0, 0.05) is 25.0 Å². The molecule has 0 saturated carbocycles. The normalized spacial score (nSPS) is 14.0. The summed E-state index contributed by atoms with van der Waals surface area (Å²) in [5.41, 5.74) is 1.88. The molecule has 0 spiro atoms. The minimum atomic E-state index is -0.456. The number of rotatable bonds is 4. The van der Waals surface area contributed by atoms with E-state index in [2.05, 4.69) is 10.3 Å². The van der Waals surface area contributed by atoms with E-state index in [0.29, 0.717) is 54.0 Å². The lowest BCUT2D eigenvalue weighted by atomic mass is 10.2. The van der Waals surface area contributed by atoms with Crippen LogP contribution in [0.2, 0.25) is 5.02 Å². The monoisotopic (exact) mass is 375 g/mol. The highest BCUT2D eigenvalue weighted by atomic mass is 35.5. The summed E-state index contributed by atoms with van der Waals surface area (Å²) in [7, 11) is 1.32. The highest BCUT2D eigenvalue weighted by Gasteiger charge is 2.20. The first-order chi connectivity index (χ1) is 12.6. The zero-order valence-electron chi connectivity index (χ0n) is 14.2. The van der Waals surface area contributed by atoms with Crippen LogP contribution in [0.15, 0.2) is 36.5 Å². The van der Waals surface area contributed by atoms with Gasteiger partial charge >= 0.3 is 5.97 Å². The van der Waals surface area contributed by atoms with Crippen LogP contribution in [-0.4, -0.2) is 55.2 Å². The topological polar surface area (TPSA) is 80.8 Å². The zero-order valence-corrected chi connectivity index (χ0v) is 15.0. The standard InChI is InChI=1S/C18H18ClN3O4/c1-25-18(24)12-2-3-14(19)15(10-12)21-13-4-5-20-16(11-13)17(23)22-6-8-26-9-7-22/h2-5,10-11H,6-9H2,1H3,(H,20,21). The lowest BCUT2D eigenvalue weighted by molar-refractivity contribution is 0.0299. The molecule has 0 radical (unpaired) electrons. The Morgan fingerprint density at radius 1 is 1.23 bits per heavy atom. The first-order valence-electron chi connectivity index (χ1n) is 8.06. The summed E-state index contributed by atoms with van der Waals surface area (Å²) >= 11 is 6.20. The van der Waals surface area contributed by atoms with Gasteiger partial charge in [-0.15, -0.1) is 0 Å². The first kappa shape index (κ1) is 18.2. The van der Waals surface area contributed by atoms with Gasteiger partial charge in [-0.1, -0.05) is 11.6 Å². The van der Waals surface area contributed by atoms with Crippen LogP contribution in [0.1, 0.15) is 20.8 Å². The molecule has 3 rings (SSSR count). The summed E-state index contributed by atoms with van der Waals surface area (Å²) < 4.78 is 9.98. The third-order valence-electron chi connectivity index (χ3n) is 3.94. The summed E-state index contributed by atoms with van der Waals surface area (Å²) in [5, 5.41) is 3.55. The predicted molar refractivity (Wildman–Crippen MR) is 97.0 cm³/mol. The lowest BCUT2D eigenvalue weighted by Crippen LogP contribution is -2.41. The largest absolute Gasteiger partial charge is 0.465 e. The summed E-state index contributed by atoms with van der Waals surface area (Å²) in [6, 6.07) is 8.16. The Balaban J connectivity index is 1.80. The molecule has 1 amide bonds. The number of amides is 1. The van der Waals surface area contributed by atoms with Gasteiger partial charge in [0.25, 0.3) is 5.91 Å². The Morgan fingerprint density at radius 2 is 2.00 bits per heavy atom. The van der Waals surface area contributed by atoms with Crippen LogP contribution in [0, 0.1) is 0 Å². The molecule has 1 aromatic heterocycles. The van der Waals surface area contributed by atoms with E-state index in [1.54, 1.807) is 41.4 Å². The molecule has 1 saturated heterocycles. The molecule has 2 aromatic rings. The Labute approximate surface area is 155 Å². The number of pyridine rings is 1. The Bertz CT molecular complexity index is 822. The van der Waals surface area contributed by atoms with Crippen molar-refractivity contribution in [2.75, 3.05) is 38.7 Å². The van der Waals surface area contributed by atoms with Crippen LogP contribution in [0.4, 0.5) is 11.4 Å². The van der Waals surface area contributed by atoms with E-state index in [1.165, 1.54) is 7.11 Å². The number of ether oxygens (including phenoxy) is 2. The van der Waals surface area contributed by atoms with Crippen molar-refractivity contribution in [3.05, 3.63) is 52.8 Å². The second-order valence-corrected chi connectivity index (χ2v) is 6.05. The molecule has 1 aliphatic heterocycles. The third-order valence-corrected chi connectivity index (χ3v) is 4.27. The van der Waals surface area contributed by atoms with Crippen molar-refractivity contribution < 1.29 is 19.1 Å². The van der Waals surface area contributed by atoms with Crippen molar-refractivity contribution >= 4 is 34.9 Å². The molecule has 1 N–H and O–H groups in total. The molecule has 0 bridgehead atoms. The molecule has 7 nitrogen and oxygen atoms in total. The summed E-state index contributed by atoms with van der Waals surface area (Å²) in [4.78, 5) is 30.1. The lowest BCUT2D eigenvalue weighted by Gasteiger charge is -2.26. The molecular formula is C18H18ClN3O4. The molecular weight excluding hydrogens is 358 g/mol. The van der Waals surface area contributed by atoms with Crippen molar-refractivity contribution in [2.24, 2.45) is 0 Å². The molecule has 1 aromatic carbocycles. The highest BCUT2D eigenvalue weighted by Crippen LogP contribution is 2.27. The SMILES string of the molecule is COC(=O)c1ccc(Cl)c(Nc2ccnc(C(=O)N3CCOCC3)c2)c1. The smallest absolute Gasteiger partial charge is 0.337 e. The minimum absolute atomic E-state index is 0.147. The summed E-state index contributed by atoms with van der Waals surface area (Å²) in [6.45, 7) is 2.15. The third kappa shape index (κ3) is 4.12. The van der Waals surface area contributed by atoms with E-state index in [0.717, 1.165) is 0 Å². The molecule has 1 aliphatic rings. The number of nitrogens with zero attached hydrogens (tertiary/aromatic N) is 2. The molecule has 0 unspecified atom stereocenters. The molecule has 2 heterocycles. The van der Waals surface area contributed by atoms with Crippen LogP contribution in [0.3, 0.4) is 0 Å². The van der Waals surface area contributed by atoms with E-state index in [4.69, 9.17) is 21.1 Å². The maximum atomic E-state index is 12.5. The fraction of sp³-hybridized carbons (Fsp3) is 0.278. The quantitative estimate of drug-likeness (QED) is 0.827. The van der Waals surface area contributed by atoms with Crippen molar-refractivity contribution in [3.8, 4) is 0 Å². The molecule has 0 atom stereocenters. The average molecular weight is 376 g/mol. The van der Waals surface area contributed by atoms with E-state index in [1.807, 2.05) is 0 Å². The highest BCUT2D eigenvalue weighted by molar-refractivity contribution is 6.33. The average Bonchev–Trinajstić information content (AvgIpc) is 2.69. The van der Waals surface area contributed by atoms with Gasteiger partial charge in [-0.25, -0.2) is 4.79 Å². The van der Waals surface area contributed by atoms with Gasteiger partial charge in [0.05, 0.1) is 36.6 Å². The van der Waals surface area contributed by atoms with Crippen LogP contribution < -0.4 is 5.32 Å². The maximum absolute atomic E-state index is 12.5.